The monoisotopic (exact) mass is 520 g/mol. The molecular weight excluding hydrogens is 476 g/mol. The molecule has 4 aliphatic carbocycles. The molecule has 0 unspecified atom stereocenters. The summed E-state index contributed by atoms with van der Waals surface area (Å²) in [5.41, 5.74) is -3.69. The molecule has 3 saturated carbocycles. The normalized spacial score (nSPS) is 51.9. The molecule has 4 fully saturated rings. The second kappa shape index (κ2) is 8.59. The topological polar surface area (TPSA) is 145 Å². The fourth-order valence-electron chi connectivity index (χ4n) is 9.52. The number of ether oxygens (including phenoxy) is 1. The number of carbonyl (C=O) groups is 2. The number of carbonyl (C=O) groups excluding carboxylic acids is 2. The van der Waals surface area contributed by atoms with Crippen LogP contribution in [0, 0.1) is 40.4 Å². The van der Waals surface area contributed by atoms with Gasteiger partial charge in [0.15, 0.2) is 5.78 Å². The number of hydrogen-bond donors (Lipinski definition) is 5. The molecule has 5 N–H and O–H groups in total. The number of cyclic esters (lactones) is 1. The Morgan fingerprint density at radius 3 is 2.46 bits per heavy atom. The molecule has 8 nitrogen and oxygen atoms in total. The molecule has 8 heteroatoms. The van der Waals surface area contributed by atoms with E-state index in [9.17, 15) is 35.1 Å². The third-order valence-corrected chi connectivity index (χ3v) is 11.9. The van der Waals surface area contributed by atoms with Crippen LogP contribution in [-0.4, -0.2) is 72.9 Å². The highest BCUT2D eigenvalue weighted by atomic mass is 16.6. The summed E-state index contributed by atoms with van der Waals surface area (Å²) < 4.78 is 5.56. The number of aliphatic hydroxyl groups is 5. The van der Waals surface area contributed by atoms with Crippen molar-refractivity contribution >= 4 is 11.8 Å². The second-order valence-corrected chi connectivity index (χ2v) is 13.5. The van der Waals surface area contributed by atoms with Crippen molar-refractivity contribution < 1.29 is 39.9 Å². The Labute approximate surface area is 219 Å². The zero-order valence-corrected chi connectivity index (χ0v) is 22.7. The summed E-state index contributed by atoms with van der Waals surface area (Å²) in [5.74, 6) is -2.07. The van der Waals surface area contributed by atoms with Crippen LogP contribution in [0.1, 0.15) is 79.6 Å². The van der Waals surface area contributed by atoms with E-state index >= 15 is 0 Å². The summed E-state index contributed by atoms with van der Waals surface area (Å²) in [7, 11) is 0. The first-order chi connectivity index (χ1) is 17.1. The minimum atomic E-state index is -1.63. The van der Waals surface area contributed by atoms with Crippen molar-refractivity contribution in [1.29, 1.82) is 0 Å². The average molecular weight is 521 g/mol. The van der Waals surface area contributed by atoms with Crippen molar-refractivity contribution in [3.63, 3.8) is 0 Å². The molecule has 5 aliphatic rings. The zero-order valence-electron chi connectivity index (χ0n) is 22.7. The van der Waals surface area contributed by atoms with E-state index in [1.165, 1.54) is 0 Å². The lowest BCUT2D eigenvalue weighted by Crippen LogP contribution is -2.63. The summed E-state index contributed by atoms with van der Waals surface area (Å²) in [4.78, 5) is 25.6. The van der Waals surface area contributed by atoms with Gasteiger partial charge in [-0.3, -0.25) is 9.59 Å². The lowest BCUT2D eigenvalue weighted by molar-refractivity contribution is -0.196. The van der Waals surface area contributed by atoms with E-state index in [4.69, 9.17) is 4.74 Å². The largest absolute Gasteiger partial charge is 0.459 e. The zero-order chi connectivity index (χ0) is 27.3. The van der Waals surface area contributed by atoms with Crippen LogP contribution in [-0.2, 0) is 14.3 Å². The van der Waals surface area contributed by atoms with Gasteiger partial charge in [0.2, 0.25) is 0 Å². The van der Waals surface area contributed by atoms with Gasteiger partial charge in [-0.1, -0.05) is 27.7 Å². The minimum absolute atomic E-state index is 0.120. The Morgan fingerprint density at radius 2 is 1.81 bits per heavy atom. The maximum atomic E-state index is 13.3. The number of hydrogen-bond acceptors (Lipinski definition) is 8. The molecule has 13 atom stereocenters. The number of ketones is 1. The van der Waals surface area contributed by atoms with Crippen LogP contribution in [0.15, 0.2) is 11.6 Å². The van der Waals surface area contributed by atoms with E-state index < -0.39 is 58.3 Å². The summed E-state index contributed by atoms with van der Waals surface area (Å²) in [6.45, 7) is 9.27. The average Bonchev–Trinajstić information content (AvgIpc) is 3.28. The van der Waals surface area contributed by atoms with Crippen LogP contribution in [0.25, 0.3) is 0 Å². The van der Waals surface area contributed by atoms with Gasteiger partial charge in [-0.2, -0.15) is 0 Å². The minimum Gasteiger partial charge on any atom is -0.459 e. The first-order valence-corrected chi connectivity index (χ1v) is 14.1. The predicted molar refractivity (Wildman–Crippen MR) is 134 cm³/mol. The second-order valence-electron chi connectivity index (χ2n) is 13.5. The molecule has 0 radical (unpaired) electrons. The molecule has 0 bridgehead atoms. The third kappa shape index (κ3) is 3.51. The Kier molecular flexibility index (Phi) is 6.33. The van der Waals surface area contributed by atoms with Crippen LogP contribution < -0.4 is 0 Å². The molecule has 5 rings (SSSR count). The summed E-state index contributed by atoms with van der Waals surface area (Å²) in [6, 6.07) is 0. The van der Waals surface area contributed by atoms with Gasteiger partial charge in [0.1, 0.15) is 12.2 Å². The van der Waals surface area contributed by atoms with E-state index in [2.05, 4.69) is 0 Å². The number of allylic oxidation sites excluding steroid dienone is 1. The van der Waals surface area contributed by atoms with E-state index in [0.717, 1.165) is 0 Å². The maximum Gasteiger partial charge on any atom is 0.309 e. The van der Waals surface area contributed by atoms with Crippen molar-refractivity contribution in [1.82, 2.24) is 0 Å². The van der Waals surface area contributed by atoms with Gasteiger partial charge < -0.3 is 30.3 Å². The Morgan fingerprint density at radius 1 is 1.14 bits per heavy atom. The van der Waals surface area contributed by atoms with Gasteiger partial charge in [0, 0.05) is 17.3 Å². The van der Waals surface area contributed by atoms with Gasteiger partial charge in [-0.15, -0.1) is 0 Å². The van der Waals surface area contributed by atoms with E-state index in [0.29, 0.717) is 44.1 Å². The smallest absolute Gasteiger partial charge is 0.309 e. The van der Waals surface area contributed by atoms with Crippen molar-refractivity contribution in [2.45, 2.75) is 115 Å². The molecule has 0 aromatic carbocycles. The Bertz CT molecular complexity index is 1010. The molecule has 0 aromatic rings. The van der Waals surface area contributed by atoms with Crippen molar-refractivity contribution in [3.05, 3.63) is 11.6 Å². The maximum absolute atomic E-state index is 13.3. The molecule has 1 saturated heterocycles. The fraction of sp³-hybridized carbons (Fsp3) is 0.862. The number of esters is 1. The van der Waals surface area contributed by atoms with Crippen LogP contribution in [0.4, 0.5) is 0 Å². The molecule has 0 spiro atoms. The summed E-state index contributed by atoms with van der Waals surface area (Å²) in [6.07, 6.45) is 0.792. The van der Waals surface area contributed by atoms with E-state index in [1.54, 1.807) is 19.9 Å². The predicted octanol–water partition coefficient (Wildman–Crippen LogP) is 1.89. The Hall–Kier alpha value is -1.32. The van der Waals surface area contributed by atoms with Gasteiger partial charge in [-0.25, -0.2) is 0 Å². The lowest BCUT2D eigenvalue weighted by atomic mass is 9.45. The quantitative estimate of drug-likeness (QED) is 0.354. The standard InChI is InChI=1S/C29H44O8/c1-6-15-14(2)25(34)37-23(15)24(33)28(5,35)22-8-10-29(36)17-11-19(30)18-12-20(31)21(32)13-26(18,3)16(17)7-9-27(22,29)4/h11,14-16,18,20-24,31-33,35-36H,6-10,12-13H2,1-5H3/t14-,15-,16-,18-,20+,21-,22-,23+,24+,26+,27+,28+,29+/m0/s1. The summed E-state index contributed by atoms with van der Waals surface area (Å²) in [5, 5.41) is 56.5. The van der Waals surface area contributed by atoms with Gasteiger partial charge >= 0.3 is 5.97 Å². The molecule has 0 amide bonds. The highest BCUT2D eigenvalue weighted by Gasteiger charge is 2.70. The number of aliphatic hydroxyl groups excluding tert-OH is 3. The molecule has 208 valence electrons. The molecule has 1 heterocycles. The first-order valence-electron chi connectivity index (χ1n) is 14.1. The summed E-state index contributed by atoms with van der Waals surface area (Å²) >= 11 is 0. The van der Waals surface area contributed by atoms with Crippen molar-refractivity contribution in [2.24, 2.45) is 40.4 Å². The van der Waals surface area contributed by atoms with E-state index in [-0.39, 0.29) is 35.9 Å². The van der Waals surface area contributed by atoms with Crippen molar-refractivity contribution in [2.75, 3.05) is 0 Å². The first kappa shape index (κ1) is 27.3. The van der Waals surface area contributed by atoms with Gasteiger partial charge in [0.25, 0.3) is 0 Å². The molecular formula is C29H44O8. The highest BCUT2D eigenvalue weighted by molar-refractivity contribution is 5.95. The lowest BCUT2D eigenvalue weighted by Gasteiger charge is -2.60. The fourth-order valence-corrected chi connectivity index (χ4v) is 9.52. The van der Waals surface area contributed by atoms with E-state index in [1.807, 2.05) is 20.8 Å². The van der Waals surface area contributed by atoms with Gasteiger partial charge in [-0.05, 0) is 80.8 Å². The number of rotatable bonds is 4. The number of fused-ring (bicyclic) bond motifs is 5. The third-order valence-electron chi connectivity index (χ3n) is 11.9. The van der Waals surface area contributed by atoms with Crippen molar-refractivity contribution in [3.8, 4) is 0 Å². The molecule has 0 aromatic heterocycles. The SMILES string of the molecule is CC[C@@H]1[C@H]([C@@H](O)[C@](C)(O)[C@H]2CC[C@@]3(O)C4=CC(=O)[C@@H]5C[C@@H](O)[C@@H](O)C[C@]5(C)[C@H]4CC[C@]23C)OC(=O)[C@H]1C. The highest BCUT2D eigenvalue weighted by Crippen LogP contribution is 2.68. The molecule has 1 aliphatic heterocycles. The van der Waals surface area contributed by atoms with Crippen LogP contribution in [0.2, 0.25) is 0 Å². The van der Waals surface area contributed by atoms with Gasteiger partial charge in [0.05, 0.1) is 29.3 Å². The van der Waals surface area contributed by atoms with Crippen LogP contribution in [0.5, 0.6) is 0 Å². The van der Waals surface area contributed by atoms with Crippen LogP contribution >= 0.6 is 0 Å². The van der Waals surface area contributed by atoms with Crippen LogP contribution in [0.3, 0.4) is 0 Å². The Balaban J connectivity index is 1.48. The molecule has 37 heavy (non-hydrogen) atoms.